The van der Waals surface area contributed by atoms with Crippen LogP contribution in [0.3, 0.4) is 0 Å². The van der Waals surface area contributed by atoms with E-state index in [-0.39, 0.29) is 22.5 Å². The van der Waals surface area contributed by atoms with Gasteiger partial charge in [-0.3, -0.25) is 14.6 Å². The van der Waals surface area contributed by atoms with Gasteiger partial charge in [-0.25, -0.2) is 4.98 Å². The molecule has 1 fully saturated rings. The van der Waals surface area contributed by atoms with E-state index in [1.165, 1.54) is 40.1 Å². The van der Waals surface area contributed by atoms with Crippen molar-refractivity contribution in [2.24, 2.45) is 4.40 Å². The Morgan fingerprint density at radius 2 is 1.94 bits per heavy atom. The number of anilines is 1. The first kappa shape index (κ1) is 23.3. The highest BCUT2D eigenvalue weighted by molar-refractivity contribution is 9.10. The molecule has 0 bridgehead atoms. The molecule has 1 saturated heterocycles. The van der Waals surface area contributed by atoms with Crippen molar-refractivity contribution in [1.82, 2.24) is 9.88 Å². The van der Waals surface area contributed by atoms with Gasteiger partial charge in [0.2, 0.25) is 0 Å². The Morgan fingerprint density at radius 3 is 2.56 bits per heavy atom. The van der Waals surface area contributed by atoms with Crippen LogP contribution >= 0.6 is 50.8 Å². The lowest BCUT2D eigenvalue weighted by Crippen LogP contribution is -2.30. The summed E-state index contributed by atoms with van der Waals surface area (Å²) >= 11 is 7.28. The highest BCUT2D eigenvalue weighted by atomic mass is 79.9. The van der Waals surface area contributed by atoms with Crippen molar-refractivity contribution in [3.63, 3.8) is 0 Å². The van der Waals surface area contributed by atoms with Crippen LogP contribution < -0.4 is 4.90 Å². The lowest BCUT2D eigenvalue weighted by molar-refractivity contribution is -0.121. The Labute approximate surface area is 207 Å². The highest BCUT2D eigenvalue weighted by Gasteiger charge is 2.40. The summed E-state index contributed by atoms with van der Waals surface area (Å²) in [4.78, 5) is 22.5. The average Bonchev–Trinajstić information content (AvgIpc) is 3.44. The number of hydrogen-bond donors (Lipinski definition) is 0. The maximum Gasteiger partial charge on any atom is 0.284 e. The van der Waals surface area contributed by atoms with E-state index in [4.69, 9.17) is 0 Å². The minimum Gasteiger partial charge on any atom is -0.282 e. The fraction of sp³-hybridized carbons (Fsp3) is 0.150. The molecule has 0 atom stereocenters. The summed E-state index contributed by atoms with van der Waals surface area (Å²) in [5.41, 5.74) is 0.976. The van der Waals surface area contributed by atoms with Gasteiger partial charge in [-0.05, 0) is 49.9 Å². The summed E-state index contributed by atoms with van der Waals surface area (Å²) in [7, 11) is -4.01. The molecule has 12 heteroatoms. The number of rotatable bonds is 5. The van der Waals surface area contributed by atoms with Gasteiger partial charge in [-0.15, -0.1) is 22.3 Å². The van der Waals surface area contributed by atoms with Gasteiger partial charge in [0.25, 0.3) is 15.9 Å². The maximum absolute atomic E-state index is 13.3. The number of thiazole rings is 1. The second-order valence-corrected chi connectivity index (χ2v) is 12.2. The molecule has 0 aliphatic carbocycles. The van der Waals surface area contributed by atoms with Crippen molar-refractivity contribution in [3.05, 3.63) is 73.5 Å². The molecule has 2 aliphatic heterocycles. The van der Waals surface area contributed by atoms with Crippen molar-refractivity contribution < 1.29 is 13.2 Å². The fourth-order valence-electron chi connectivity index (χ4n) is 2.93. The number of amidine groups is 1. The normalized spacial score (nSPS) is 20.7. The van der Waals surface area contributed by atoms with E-state index in [1.807, 2.05) is 24.1 Å². The molecule has 32 heavy (non-hydrogen) atoms. The van der Waals surface area contributed by atoms with E-state index in [2.05, 4.69) is 31.9 Å². The van der Waals surface area contributed by atoms with E-state index in [9.17, 15) is 13.2 Å². The zero-order chi connectivity index (χ0) is 23.0. The van der Waals surface area contributed by atoms with Crippen molar-refractivity contribution in [2.45, 2.75) is 18.7 Å². The molecule has 2 aromatic rings. The third-order valence-corrected chi connectivity index (χ3v) is 9.65. The maximum atomic E-state index is 13.3. The van der Waals surface area contributed by atoms with Gasteiger partial charge in [0.05, 0.1) is 4.90 Å². The Bertz CT molecular complexity index is 1280. The number of amides is 1. The topological polar surface area (TPSA) is 82.9 Å². The van der Waals surface area contributed by atoms with Gasteiger partial charge in [-0.2, -0.15) is 8.42 Å². The second kappa shape index (κ2) is 9.18. The molecular weight excluding hydrogens is 552 g/mol. The van der Waals surface area contributed by atoms with Crippen molar-refractivity contribution in [2.75, 3.05) is 11.4 Å². The first-order valence-electron chi connectivity index (χ1n) is 9.23. The lowest BCUT2D eigenvalue weighted by atomic mass is 10.4. The number of carbonyl (C=O) groups excluding carboxylic acids is 1. The molecule has 166 valence electrons. The Balaban J connectivity index is 1.79. The standard InChI is InChI=1S/C20H17BrN4O3S4/c1-4-10-24-17(26)16(18-25(12(2)13(3)30-18)19-22-9-11-29-19)31-20(24)23-32(27,28)15-7-5-14(21)6-8-15/h4-9,11H,1,10H2,2-3H3/b18-16+,23-20+. The minimum absolute atomic E-state index is 0.0499. The van der Waals surface area contributed by atoms with Crippen LogP contribution in [0.5, 0.6) is 0 Å². The Hall–Kier alpha value is -1.86. The number of halogens is 1. The zero-order valence-electron chi connectivity index (χ0n) is 17.0. The van der Waals surface area contributed by atoms with E-state index in [0.29, 0.717) is 9.93 Å². The van der Waals surface area contributed by atoms with E-state index >= 15 is 0 Å². The largest absolute Gasteiger partial charge is 0.284 e. The van der Waals surface area contributed by atoms with Crippen LogP contribution in [0.15, 0.2) is 82.8 Å². The second-order valence-electron chi connectivity index (χ2n) is 6.64. The van der Waals surface area contributed by atoms with E-state index in [0.717, 1.165) is 32.0 Å². The van der Waals surface area contributed by atoms with Gasteiger partial charge >= 0.3 is 0 Å². The van der Waals surface area contributed by atoms with Crippen LogP contribution in [0, 0.1) is 0 Å². The number of sulfonamides is 1. The number of allylic oxidation sites excluding steroid dienone is 2. The molecule has 0 radical (unpaired) electrons. The van der Waals surface area contributed by atoms with Crippen molar-refractivity contribution >= 4 is 77.0 Å². The summed E-state index contributed by atoms with van der Waals surface area (Å²) in [6.07, 6.45) is 3.25. The number of aromatic nitrogens is 1. The highest BCUT2D eigenvalue weighted by Crippen LogP contribution is 2.49. The van der Waals surface area contributed by atoms with Crippen molar-refractivity contribution in [1.29, 1.82) is 0 Å². The molecule has 3 heterocycles. The predicted molar refractivity (Wildman–Crippen MR) is 136 cm³/mol. The number of thioether (sulfide) groups is 2. The molecule has 0 saturated carbocycles. The first-order valence-corrected chi connectivity index (χ1v) is 14.0. The van der Waals surface area contributed by atoms with Gasteiger partial charge in [0.15, 0.2) is 10.3 Å². The van der Waals surface area contributed by atoms with Crippen molar-refractivity contribution in [3.8, 4) is 0 Å². The van der Waals surface area contributed by atoms with Crippen LogP contribution in [-0.2, 0) is 14.8 Å². The minimum atomic E-state index is -4.01. The van der Waals surface area contributed by atoms with Gasteiger partial charge in [0.1, 0.15) is 9.93 Å². The zero-order valence-corrected chi connectivity index (χ0v) is 21.8. The predicted octanol–water partition coefficient (Wildman–Crippen LogP) is 5.39. The fourth-order valence-corrected chi connectivity index (χ4v) is 7.39. The summed E-state index contributed by atoms with van der Waals surface area (Å²) in [5, 5.41) is 3.41. The smallest absolute Gasteiger partial charge is 0.282 e. The molecular formula is C20H17BrN4O3S4. The van der Waals surface area contributed by atoms with Crippen LogP contribution in [0.25, 0.3) is 0 Å². The van der Waals surface area contributed by atoms with Gasteiger partial charge in [0, 0.05) is 33.2 Å². The molecule has 1 aromatic heterocycles. The molecule has 7 nitrogen and oxygen atoms in total. The number of nitrogens with zero attached hydrogens (tertiary/aromatic N) is 4. The average molecular weight is 570 g/mol. The summed E-state index contributed by atoms with van der Waals surface area (Å²) < 4.78 is 30.6. The van der Waals surface area contributed by atoms with E-state index in [1.54, 1.807) is 24.4 Å². The SMILES string of the molecule is C=CCN1C(=O)/C(=C2\SC(C)=C(C)N2c2nccs2)S/C1=N/S(=O)(=O)c1ccc(Br)cc1. The van der Waals surface area contributed by atoms with Crippen LogP contribution in [0.1, 0.15) is 13.8 Å². The molecule has 0 unspecified atom stereocenters. The summed E-state index contributed by atoms with van der Waals surface area (Å²) in [6.45, 7) is 7.79. The molecule has 0 spiro atoms. The van der Waals surface area contributed by atoms with Gasteiger partial charge < -0.3 is 0 Å². The van der Waals surface area contributed by atoms with E-state index < -0.39 is 10.0 Å². The third-order valence-electron chi connectivity index (χ3n) is 4.59. The molecule has 1 amide bonds. The quantitative estimate of drug-likeness (QED) is 0.353. The summed E-state index contributed by atoms with van der Waals surface area (Å²) in [6, 6.07) is 6.20. The Morgan fingerprint density at radius 1 is 1.22 bits per heavy atom. The molecule has 1 aromatic carbocycles. The molecule has 4 rings (SSSR count). The van der Waals surface area contributed by atoms with Gasteiger partial charge in [-0.1, -0.05) is 33.8 Å². The Kier molecular flexibility index (Phi) is 6.68. The summed E-state index contributed by atoms with van der Waals surface area (Å²) in [5.74, 6) is -0.314. The van der Waals surface area contributed by atoms with Crippen LogP contribution in [0.4, 0.5) is 5.13 Å². The molecule has 0 N–H and O–H groups in total. The van der Waals surface area contributed by atoms with Crippen LogP contribution in [-0.4, -0.2) is 35.9 Å². The number of hydrogen-bond acceptors (Lipinski definition) is 8. The monoisotopic (exact) mass is 568 g/mol. The van der Waals surface area contributed by atoms with Crippen LogP contribution in [0.2, 0.25) is 0 Å². The number of benzene rings is 1. The number of carbonyl (C=O) groups is 1. The third kappa shape index (κ3) is 4.34. The lowest BCUT2D eigenvalue weighted by Gasteiger charge is -2.19. The molecule has 2 aliphatic rings. The first-order chi connectivity index (χ1) is 15.2.